The summed E-state index contributed by atoms with van der Waals surface area (Å²) in [5.74, 6) is -0.945. The molecular formula is C16H17Cl2N3O3. The van der Waals surface area contributed by atoms with Crippen molar-refractivity contribution in [1.82, 2.24) is 9.78 Å². The van der Waals surface area contributed by atoms with E-state index in [-0.39, 0.29) is 13.0 Å². The Hall–Kier alpha value is -2.05. The molecule has 0 aliphatic rings. The number of benzene rings is 1. The van der Waals surface area contributed by atoms with Crippen molar-refractivity contribution in [3.05, 3.63) is 45.2 Å². The Morgan fingerprint density at radius 2 is 1.96 bits per heavy atom. The van der Waals surface area contributed by atoms with E-state index >= 15 is 0 Å². The third-order valence-corrected chi connectivity index (χ3v) is 4.21. The van der Waals surface area contributed by atoms with E-state index in [9.17, 15) is 9.59 Å². The number of nitrogens with zero attached hydrogens (tertiary/aromatic N) is 2. The zero-order valence-corrected chi connectivity index (χ0v) is 15.0. The Morgan fingerprint density at radius 3 is 2.54 bits per heavy atom. The van der Waals surface area contributed by atoms with Crippen LogP contribution >= 0.6 is 23.2 Å². The summed E-state index contributed by atoms with van der Waals surface area (Å²) in [5, 5.41) is 7.67. The number of carbonyl (C=O) groups excluding carboxylic acids is 2. The van der Waals surface area contributed by atoms with Crippen molar-refractivity contribution in [2.45, 2.75) is 20.3 Å². The molecule has 0 atom stereocenters. The minimum atomic E-state index is -0.525. The Labute approximate surface area is 149 Å². The fraction of sp³-hybridized carbons (Fsp3) is 0.312. The molecule has 1 heterocycles. The predicted octanol–water partition coefficient (Wildman–Crippen LogP) is 3.07. The van der Waals surface area contributed by atoms with E-state index in [1.165, 1.54) is 0 Å². The van der Waals surface area contributed by atoms with E-state index in [2.05, 4.69) is 10.4 Å². The largest absolute Gasteiger partial charge is 0.455 e. The molecule has 2 aromatic rings. The highest BCUT2D eigenvalue weighted by molar-refractivity contribution is 6.42. The van der Waals surface area contributed by atoms with Crippen LogP contribution in [0, 0.1) is 13.8 Å². The van der Waals surface area contributed by atoms with E-state index in [1.54, 1.807) is 36.9 Å². The molecule has 24 heavy (non-hydrogen) atoms. The minimum Gasteiger partial charge on any atom is -0.455 e. The van der Waals surface area contributed by atoms with Crippen LogP contribution in [0.15, 0.2) is 18.2 Å². The number of aromatic nitrogens is 2. The van der Waals surface area contributed by atoms with Gasteiger partial charge in [-0.2, -0.15) is 5.10 Å². The summed E-state index contributed by atoms with van der Waals surface area (Å²) in [7, 11) is 1.79. The molecule has 0 bridgehead atoms. The monoisotopic (exact) mass is 369 g/mol. The molecule has 0 saturated heterocycles. The molecule has 0 spiro atoms. The summed E-state index contributed by atoms with van der Waals surface area (Å²) in [6, 6.07) is 4.87. The van der Waals surface area contributed by atoms with E-state index in [1.807, 2.05) is 6.92 Å². The summed E-state index contributed by atoms with van der Waals surface area (Å²) in [6.45, 7) is 3.26. The first-order chi connectivity index (χ1) is 11.3. The minimum absolute atomic E-state index is 0.00904. The molecule has 0 aliphatic carbocycles. The fourth-order valence-electron chi connectivity index (χ4n) is 2.14. The SMILES string of the molecule is Cc1nn(C)c(C)c1NC(=O)COC(=O)Cc1ccc(Cl)c(Cl)c1. The van der Waals surface area contributed by atoms with Gasteiger partial charge in [0.25, 0.3) is 5.91 Å². The number of hydrogen-bond acceptors (Lipinski definition) is 4. The normalized spacial score (nSPS) is 10.5. The lowest BCUT2D eigenvalue weighted by molar-refractivity contribution is -0.146. The molecule has 1 amide bonds. The number of esters is 1. The van der Waals surface area contributed by atoms with Gasteiger partial charge in [0.1, 0.15) is 0 Å². The van der Waals surface area contributed by atoms with Crippen LogP contribution in [0.25, 0.3) is 0 Å². The average Bonchev–Trinajstić information content (AvgIpc) is 2.75. The first-order valence-electron chi connectivity index (χ1n) is 7.17. The predicted molar refractivity (Wildman–Crippen MR) is 92.4 cm³/mol. The summed E-state index contributed by atoms with van der Waals surface area (Å²) in [5.41, 5.74) is 2.81. The van der Waals surface area contributed by atoms with Gasteiger partial charge in [0.05, 0.1) is 33.5 Å². The number of amides is 1. The van der Waals surface area contributed by atoms with Gasteiger partial charge in [-0.1, -0.05) is 29.3 Å². The number of halogens is 2. The van der Waals surface area contributed by atoms with Crippen molar-refractivity contribution in [2.24, 2.45) is 7.05 Å². The average molecular weight is 370 g/mol. The molecule has 0 fully saturated rings. The lowest BCUT2D eigenvalue weighted by atomic mass is 10.1. The molecule has 128 valence electrons. The highest BCUT2D eigenvalue weighted by Crippen LogP contribution is 2.23. The Bertz CT molecular complexity index is 787. The van der Waals surface area contributed by atoms with Crippen molar-refractivity contribution in [1.29, 1.82) is 0 Å². The zero-order valence-electron chi connectivity index (χ0n) is 13.5. The molecular weight excluding hydrogens is 353 g/mol. The molecule has 0 saturated carbocycles. The van der Waals surface area contributed by atoms with E-state index in [4.69, 9.17) is 27.9 Å². The third kappa shape index (κ3) is 4.49. The van der Waals surface area contributed by atoms with Gasteiger partial charge < -0.3 is 10.1 Å². The van der Waals surface area contributed by atoms with E-state index in [0.29, 0.717) is 27.0 Å². The lowest BCUT2D eigenvalue weighted by Gasteiger charge is -2.07. The highest BCUT2D eigenvalue weighted by atomic mass is 35.5. The molecule has 8 heteroatoms. The maximum absolute atomic E-state index is 11.9. The first-order valence-corrected chi connectivity index (χ1v) is 7.93. The summed E-state index contributed by atoms with van der Waals surface area (Å²) in [4.78, 5) is 23.7. The van der Waals surface area contributed by atoms with Gasteiger partial charge >= 0.3 is 5.97 Å². The smallest absolute Gasteiger partial charge is 0.310 e. The van der Waals surface area contributed by atoms with Crippen molar-refractivity contribution in [2.75, 3.05) is 11.9 Å². The van der Waals surface area contributed by atoms with Crippen LogP contribution in [0.2, 0.25) is 10.0 Å². The maximum Gasteiger partial charge on any atom is 0.310 e. The molecule has 1 N–H and O–H groups in total. The molecule has 0 radical (unpaired) electrons. The van der Waals surface area contributed by atoms with Crippen molar-refractivity contribution >= 4 is 40.8 Å². The van der Waals surface area contributed by atoms with Crippen LogP contribution in [-0.2, 0) is 27.8 Å². The molecule has 1 aromatic carbocycles. The van der Waals surface area contributed by atoms with Gasteiger partial charge in [-0.15, -0.1) is 0 Å². The first kappa shape index (κ1) is 18.3. The van der Waals surface area contributed by atoms with E-state index < -0.39 is 11.9 Å². The second-order valence-electron chi connectivity index (χ2n) is 5.30. The maximum atomic E-state index is 11.9. The Balaban J connectivity index is 1.87. The fourth-order valence-corrected chi connectivity index (χ4v) is 2.46. The molecule has 0 unspecified atom stereocenters. The van der Waals surface area contributed by atoms with E-state index in [0.717, 1.165) is 5.69 Å². The number of ether oxygens (including phenoxy) is 1. The number of nitrogens with one attached hydrogen (secondary N) is 1. The van der Waals surface area contributed by atoms with Crippen LogP contribution in [0.3, 0.4) is 0 Å². The van der Waals surface area contributed by atoms with Crippen LogP contribution in [0.4, 0.5) is 5.69 Å². The highest BCUT2D eigenvalue weighted by Gasteiger charge is 2.14. The van der Waals surface area contributed by atoms with Crippen LogP contribution < -0.4 is 5.32 Å². The number of hydrogen-bond donors (Lipinski definition) is 1. The van der Waals surface area contributed by atoms with Gasteiger partial charge in [0.2, 0.25) is 0 Å². The van der Waals surface area contributed by atoms with Crippen LogP contribution in [-0.4, -0.2) is 28.3 Å². The van der Waals surface area contributed by atoms with Gasteiger partial charge in [-0.25, -0.2) is 0 Å². The number of carbonyl (C=O) groups is 2. The molecule has 6 nitrogen and oxygen atoms in total. The Morgan fingerprint density at radius 1 is 1.25 bits per heavy atom. The van der Waals surface area contributed by atoms with Gasteiger partial charge in [-0.05, 0) is 31.5 Å². The summed E-state index contributed by atoms with van der Waals surface area (Å²) < 4.78 is 6.65. The molecule has 1 aromatic heterocycles. The number of anilines is 1. The van der Waals surface area contributed by atoms with Gasteiger partial charge in [-0.3, -0.25) is 14.3 Å². The topological polar surface area (TPSA) is 73.2 Å². The standard InChI is InChI=1S/C16H17Cl2N3O3/c1-9-16(10(2)21(3)20-9)19-14(22)8-24-15(23)7-11-4-5-12(17)13(18)6-11/h4-6H,7-8H2,1-3H3,(H,19,22). The Kier molecular flexibility index (Phi) is 5.85. The summed E-state index contributed by atoms with van der Waals surface area (Å²) in [6.07, 6.45) is 0.00904. The van der Waals surface area contributed by atoms with Gasteiger partial charge in [0, 0.05) is 7.05 Å². The third-order valence-electron chi connectivity index (χ3n) is 3.47. The summed E-state index contributed by atoms with van der Waals surface area (Å²) >= 11 is 11.7. The van der Waals surface area contributed by atoms with Crippen molar-refractivity contribution in [3.63, 3.8) is 0 Å². The van der Waals surface area contributed by atoms with Gasteiger partial charge in [0.15, 0.2) is 6.61 Å². The quantitative estimate of drug-likeness (QED) is 0.821. The van der Waals surface area contributed by atoms with Crippen molar-refractivity contribution < 1.29 is 14.3 Å². The number of aryl methyl sites for hydroxylation is 2. The molecule has 0 aliphatic heterocycles. The van der Waals surface area contributed by atoms with Crippen LogP contribution in [0.5, 0.6) is 0 Å². The zero-order chi connectivity index (χ0) is 17.9. The number of rotatable bonds is 5. The molecule has 2 rings (SSSR count). The lowest BCUT2D eigenvalue weighted by Crippen LogP contribution is -2.22. The second kappa shape index (κ2) is 7.68. The second-order valence-corrected chi connectivity index (χ2v) is 6.12. The van der Waals surface area contributed by atoms with Crippen molar-refractivity contribution in [3.8, 4) is 0 Å². The van der Waals surface area contributed by atoms with Crippen LogP contribution in [0.1, 0.15) is 17.0 Å².